The zero-order valence-electron chi connectivity index (χ0n) is 22.5. The standard InChI is InChI=1S/C28H42N4O4.ClH/c1-21(2)32(23-10-7-13-29-20-23)28(34)24-19-22-9-6-11-25(27(22)31(24)15-4-5-17-35-3)36-18-16-30-14-8-12-26(30)33;/h6,9,11,19,21,23,29H,4-5,7-8,10,12-18,20H2,1-3H3;1H/t23-;/m1./s1. The van der Waals surface area contributed by atoms with Crippen molar-refractivity contribution in [3.8, 4) is 5.75 Å². The summed E-state index contributed by atoms with van der Waals surface area (Å²) in [6.07, 6.45) is 5.49. The quantitative estimate of drug-likeness (QED) is 0.415. The van der Waals surface area contributed by atoms with Crippen molar-refractivity contribution in [3.63, 3.8) is 0 Å². The Morgan fingerprint density at radius 3 is 2.70 bits per heavy atom. The number of unbranched alkanes of at least 4 members (excludes halogenated alkanes) is 1. The molecule has 1 aromatic heterocycles. The number of carbonyl (C=O) groups excluding carboxylic acids is 2. The molecule has 0 unspecified atom stereocenters. The number of fused-ring (bicyclic) bond motifs is 1. The van der Waals surface area contributed by atoms with Crippen LogP contribution in [0.3, 0.4) is 0 Å². The van der Waals surface area contributed by atoms with Crippen LogP contribution < -0.4 is 10.1 Å². The Balaban J connectivity index is 0.00000380. The topological polar surface area (TPSA) is 76.0 Å². The minimum atomic E-state index is 0. The molecular weight excluding hydrogens is 492 g/mol. The van der Waals surface area contributed by atoms with Gasteiger partial charge in [-0.3, -0.25) is 9.59 Å². The van der Waals surface area contributed by atoms with Gasteiger partial charge in [0.25, 0.3) is 5.91 Å². The van der Waals surface area contributed by atoms with Gasteiger partial charge in [0.1, 0.15) is 18.1 Å². The molecule has 0 saturated carbocycles. The number of benzene rings is 1. The fraction of sp³-hybridized carbons (Fsp3) is 0.643. The van der Waals surface area contributed by atoms with E-state index in [1.807, 2.05) is 23.1 Å². The number of likely N-dealkylation sites (tertiary alicyclic amines) is 1. The molecule has 2 fully saturated rings. The van der Waals surface area contributed by atoms with Crippen molar-refractivity contribution in [2.45, 2.75) is 71.0 Å². The first-order valence-electron chi connectivity index (χ1n) is 13.6. The molecule has 2 aliphatic heterocycles. The Kier molecular flexibility index (Phi) is 11.1. The van der Waals surface area contributed by atoms with Gasteiger partial charge in [-0.15, -0.1) is 12.4 Å². The summed E-state index contributed by atoms with van der Waals surface area (Å²) in [7, 11) is 1.72. The van der Waals surface area contributed by atoms with Gasteiger partial charge in [-0.25, -0.2) is 0 Å². The SMILES string of the molecule is COCCCCn1c(C(=O)N(C(C)C)[C@@H]2CCCNC2)cc2cccc(OCCN3CCCC3=O)c21.Cl. The number of ether oxygens (including phenoxy) is 2. The summed E-state index contributed by atoms with van der Waals surface area (Å²) in [6.45, 7) is 9.30. The van der Waals surface area contributed by atoms with Gasteiger partial charge in [0, 0.05) is 57.2 Å². The van der Waals surface area contributed by atoms with Gasteiger partial charge in [0.2, 0.25) is 5.91 Å². The number of amides is 2. The summed E-state index contributed by atoms with van der Waals surface area (Å²) >= 11 is 0. The van der Waals surface area contributed by atoms with Crippen molar-refractivity contribution in [2.24, 2.45) is 0 Å². The van der Waals surface area contributed by atoms with E-state index < -0.39 is 0 Å². The number of nitrogens with zero attached hydrogens (tertiary/aromatic N) is 3. The number of rotatable bonds is 12. The average Bonchev–Trinajstić information content (AvgIpc) is 3.46. The summed E-state index contributed by atoms with van der Waals surface area (Å²) < 4.78 is 13.7. The summed E-state index contributed by atoms with van der Waals surface area (Å²) in [4.78, 5) is 30.0. The molecule has 2 aliphatic rings. The number of aryl methyl sites for hydroxylation is 1. The van der Waals surface area contributed by atoms with Crippen molar-refractivity contribution in [3.05, 3.63) is 30.0 Å². The van der Waals surface area contributed by atoms with Gasteiger partial charge in [0.15, 0.2) is 0 Å². The maximum atomic E-state index is 14.1. The smallest absolute Gasteiger partial charge is 0.271 e. The number of para-hydroxylation sites is 1. The first kappa shape index (κ1) is 29.3. The third-order valence-corrected chi connectivity index (χ3v) is 7.33. The maximum absolute atomic E-state index is 14.1. The van der Waals surface area contributed by atoms with Crippen LogP contribution >= 0.6 is 12.4 Å². The average molecular weight is 535 g/mol. The van der Waals surface area contributed by atoms with Crippen LogP contribution in [0.1, 0.15) is 62.9 Å². The van der Waals surface area contributed by atoms with Crippen molar-refractivity contribution in [1.29, 1.82) is 0 Å². The van der Waals surface area contributed by atoms with Gasteiger partial charge < -0.3 is 29.2 Å². The number of aromatic nitrogens is 1. The lowest BCUT2D eigenvalue weighted by molar-refractivity contribution is -0.128. The van der Waals surface area contributed by atoms with E-state index in [0.29, 0.717) is 38.4 Å². The van der Waals surface area contributed by atoms with E-state index in [1.54, 1.807) is 7.11 Å². The van der Waals surface area contributed by atoms with Gasteiger partial charge in [-0.05, 0) is 64.6 Å². The lowest BCUT2D eigenvalue weighted by Gasteiger charge is -2.37. The van der Waals surface area contributed by atoms with E-state index in [4.69, 9.17) is 9.47 Å². The zero-order valence-corrected chi connectivity index (χ0v) is 23.4. The molecule has 0 aliphatic carbocycles. The van der Waals surface area contributed by atoms with E-state index in [2.05, 4.69) is 34.7 Å². The van der Waals surface area contributed by atoms with Gasteiger partial charge in [-0.1, -0.05) is 12.1 Å². The molecular formula is C28H43ClN4O4. The predicted octanol–water partition coefficient (Wildman–Crippen LogP) is 4.09. The second-order valence-electron chi connectivity index (χ2n) is 10.2. The lowest BCUT2D eigenvalue weighted by Crippen LogP contribution is -2.52. The third-order valence-electron chi connectivity index (χ3n) is 7.33. The van der Waals surface area contributed by atoms with Gasteiger partial charge in [-0.2, -0.15) is 0 Å². The first-order chi connectivity index (χ1) is 17.5. The Bertz CT molecular complexity index is 1030. The highest BCUT2D eigenvalue weighted by atomic mass is 35.5. The van der Waals surface area contributed by atoms with E-state index in [0.717, 1.165) is 68.4 Å². The summed E-state index contributed by atoms with van der Waals surface area (Å²) in [5, 5.41) is 4.47. The minimum absolute atomic E-state index is 0. The molecule has 206 valence electrons. The Labute approximate surface area is 227 Å². The van der Waals surface area contributed by atoms with Crippen molar-refractivity contribution < 1.29 is 19.1 Å². The highest BCUT2D eigenvalue weighted by molar-refractivity contribution is 6.00. The molecule has 1 atom stereocenters. The van der Waals surface area contributed by atoms with Crippen LogP contribution in [0.4, 0.5) is 0 Å². The number of nitrogens with one attached hydrogen (secondary N) is 1. The number of hydrogen-bond acceptors (Lipinski definition) is 5. The summed E-state index contributed by atoms with van der Waals surface area (Å²) in [5.41, 5.74) is 1.67. The Morgan fingerprint density at radius 2 is 2.03 bits per heavy atom. The lowest BCUT2D eigenvalue weighted by atomic mass is 10.0. The van der Waals surface area contributed by atoms with E-state index in [-0.39, 0.29) is 36.3 Å². The van der Waals surface area contributed by atoms with Crippen molar-refractivity contribution in [1.82, 2.24) is 19.7 Å². The zero-order chi connectivity index (χ0) is 25.5. The normalized spacial score (nSPS) is 17.9. The molecule has 1 aromatic carbocycles. The summed E-state index contributed by atoms with van der Waals surface area (Å²) in [5.74, 6) is 1.05. The fourth-order valence-electron chi connectivity index (χ4n) is 5.56. The molecule has 0 radical (unpaired) electrons. The van der Waals surface area contributed by atoms with Gasteiger partial charge in [0.05, 0.1) is 12.1 Å². The molecule has 2 aromatic rings. The molecule has 0 spiro atoms. The Morgan fingerprint density at radius 1 is 1.19 bits per heavy atom. The molecule has 8 nitrogen and oxygen atoms in total. The number of hydrogen-bond donors (Lipinski definition) is 1. The molecule has 9 heteroatoms. The molecule has 3 heterocycles. The van der Waals surface area contributed by atoms with Crippen LogP contribution in [0, 0.1) is 0 Å². The van der Waals surface area contributed by atoms with Gasteiger partial charge >= 0.3 is 0 Å². The van der Waals surface area contributed by atoms with Crippen LogP contribution in [0.2, 0.25) is 0 Å². The molecule has 2 amide bonds. The largest absolute Gasteiger partial charge is 0.490 e. The van der Waals surface area contributed by atoms with Crippen LogP contribution in [-0.4, -0.2) is 84.8 Å². The molecule has 4 rings (SSSR count). The van der Waals surface area contributed by atoms with Crippen molar-refractivity contribution >= 4 is 35.1 Å². The highest BCUT2D eigenvalue weighted by Gasteiger charge is 2.31. The van der Waals surface area contributed by atoms with Crippen molar-refractivity contribution in [2.75, 3.05) is 46.5 Å². The molecule has 0 bridgehead atoms. The van der Waals surface area contributed by atoms with Crippen LogP contribution in [0.5, 0.6) is 5.75 Å². The first-order valence-corrected chi connectivity index (χ1v) is 13.6. The highest BCUT2D eigenvalue weighted by Crippen LogP contribution is 2.31. The number of piperidine rings is 1. The number of methoxy groups -OCH3 is 1. The van der Waals surface area contributed by atoms with E-state index in [9.17, 15) is 9.59 Å². The fourth-order valence-corrected chi connectivity index (χ4v) is 5.56. The van der Waals surface area contributed by atoms with E-state index in [1.165, 1.54) is 0 Å². The monoisotopic (exact) mass is 534 g/mol. The van der Waals surface area contributed by atoms with Crippen LogP contribution in [-0.2, 0) is 16.1 Å². The second kappa shape index (κ2) is 14.0. The summed E-state index contributed by atoms with van der Waals surface area (Å²) in [6, 6.07) is 8.33. The molecule has 37 heavy (non-hydrogen) atoms. The number of halogens is 1. The minimum Gasteiger partial charge on any atom is -0.490 e. The molecule has 1 N–H and O–H groups in total. The third kappa shape index (κ3) is 6.98. The Hall–Kier alpha value is -2.29. The van der Waals surface area contributed by atoms with Crippen LogP contribution in [0.25, 0.3) is 10.9 Å². The maximum Gasteiger partial charge on any atom is 0.271 e. The number of carbonyl (C=O) groups is 2. The van der Waals surface area contributed by atoms with E-state index >= 15 is 0 Å². The molecule has 2 saturated heterocycles. The van der Waals surface area contributed by atoms with Crippen LogP contribution in [0.15, 0.2) is 24.3 Å². The predicted molar refractivity (Wildman–Crippen MR) is 149 cm³/mol. The second-order valence-corrected chi connectivity index (χ2v) is 10.2.